The van der Waals surface area contributed by atoms with Crippen LogP contribution in [0.2, 0.25) is 0 Å². The van der Waals surface area contributed by atoms with E-state index in [-0.39, 0.29) is 0 Å². The molecular formula is C17H12O. The van der Waals surface area contributed by atoms with E-state index >= 15 is 0 Å². The fourth-order valence-corrected chi connectivity index (χ4v) is 2.91. The molecule has 0 amide bonds. The van der Waals surface area contributed by atoms with Gasteiger partial charge < -0.3 is 4.74 Å². The Hall–Kier alpha value is -2.28. The molecule has 0 fully saturated rings. The zero-order chi connectivity index (χ0) is 12.1. The second-order valence-electron chi connectivity index (χ2n) is 4.62. The molecule has 0 bridgehead atoms. The van der Waals surface area contributed by atoms with Crippen LogP contribution in [0, 0.1) is 0 Å². The molecule has 0 radical (unpaired) electrons. The highest BCUT2D eigenvalue weighted by Crippen LogP contribution is 2.48. The first-order valence-electron chi connectivity index (χ1n) is 6.09. The van der Waals surface area contributed by atoms with E-state index in [1.54, 1.807) is 7.11 Å². The molecule has 0 spiro atoms. The molecular weight excluding hydrogens is 220 g/mol. The van der Waals surface area contributed by atoms with Gasteiger partial charge in [-0.2, -0.15) is 0 Å². The summed E-state index contributed by atoms with van der Waals surface area (Å²) in [6, 6.07) is 19.3. The van der Waals surface area contributed by atoms with Gasteiger partial charge in [0, 0.05) is 0 Å². The quantitative estimate of drug-likeness (QED) is 0.469. The Bertz CT molecular complexity index is 772. The standard InChI is InChI=1S/C17H12O/c1-18-12-9-11-5-4-8-15-13-6-2-3-7-14(13)16(10-12)17(11)15/h2-10H,1H3. The third-order valence-electron chi connectivity index (χ3n) is 3.69. The van der Waals surface area contributed by atoms with E-state index in [0.29, 0.717) is 0 Å². The van der Waals surface area contributed by atoms with Crippen LogP contribution < -0.4 is 4.74 Å². The van der Waals surface area contributed by atoms with Gasteiger partial charge in [0.05, 0.1) is 7.11 Å². The lowest BCUT2D eigenvalue weighted by Gasteiger charge is -2.06. The molecule has 86 valence electrons. The molecule has 1 aliphatic rings. The molecule has 18 heavy (non-hydrogen) atoms. The number of methoxy groups -OCH3 is 1. The monoisotopic (exact) mass is 232 g/mol. The summed E-state index contributed by atoms with van der Waals surface area (Å²) in [5, 5.41) is 2.59. The van der Waals surface area contributed by atoms with E-state index in [1.807, 2.05) is 0 Å². The summed E-state index contributed by atoms with van der Waals surface area (Å²) >= 11 is 0. The molecule has 0 saturated heterocycles. The summed E-state index contributed by atoms with van der Waals surface area (Å²) in [7, 11) is 1.72. The van der Waals surface area contributed by atoms with E-state index in [0.717, 1.165) is 5.75 Å². The molecule has 1 heteroatoms. The topological polar surface area (TPSA) is 9.23 Å². The van der Waals surface area contributed by atoms with Crippen molar-refractivity contribution in [2.45, 2.75) is 0 Å². The van der Waals surface area contributed by atoms with E-state index in [4.69, 9.17) is 4.74 Å². The van der Waals surface area contributed by atoms with Gasteiger partial charge in [0.25, 0.3) is 0 Å². The maximum Gasteiger partial charge on any atom is 0.120 e. The lowest BCUT2D eigenvalue weighted by molar-refractivity contribution is 0.415. The molecule has 0 aliphatic heterocycles. The normalized spacial score (nSPS) is 11.6. The molecule has 0 saturated carbocycles. The largest absolute Gasteiger partial charge is 0.497 e. The number of hydrogen-bond donors (Lipinski definition) is 0. The second kappa shape index (κ2) is 3.36. The predicted molar refractivity (Wildman–Crippen MR) is 74.9 cm³/mol. The minimum Gasteiger partial charge on any atom is -0.497 e. The SMILES string of the molecule is COc1cc2c3c(cccc3c1)-c1ccccc1-2. The minimum atomic E-state index is 0.923. The summed E-state index contributed by atoms with van der Waals surface area (Å²) in [6.07, 6.45) is 0. The van der Waals surface area contributed by atoms with Crippen molar-refractivity contribution in [3.8, 4) is 28.0 Å². The fraction of sp³-hybridized carbons (Fsp3) is 0.0588. The summed E-state index contributed by atoms with van der Waals surface area (Å²) in [5.41, 5.74) is 5.25. The van der Waals surface area contributed by atoms with Crippen LogP contribution in [-0.2, 0) is 0 Å². The van der Waals surface area contributed by atoms with Crippen molar-refractivity contribution in [1.82, 2.24) is 0 Å². The Morgan fingerprint density at radius 2 is 1.44 bits per heavy atom. The smallest absolute Gasteiger partial charge is 0.120 e. The van der Waals surface area contributed by atoms with Gasteiger partial charge in [-0.15, -0.1) is 0 Å². The minimum absolute atomic E-state index is 0.923. The highest BCUT2D eigenvalue weighted by molar-refractivity contribution is 6.15. The van der Waals surface area contributed by atoms with Gasteiger partial charge >= 0.3 is 0 Å². The van der Waals surface area contributed by atoms with Gasteiger partial charge in [0.1, 0.15) is 5.75 Å². The molecule has 0 atom stereocenters. The first kappa shape index (κ1) is 9.72. The maximum absolute atomic E-state index is 5.40. The van der Waals surface area contributed by atoms with Crippen molar-refractivity contribution in [2.75, 3.05) is 7.11 Å². The number of benzene rings is 3. The van der Waals surface area contributed by atoms with E-state index in [9.17, 15) is 0 Å². The van der Waals surface area contributed by atoms with Crippen molar-refractivity contribution in [3.63, 3.8) is 0 Å². The molecule has 3 aromatic rings. The number of fused-ring (bicyclic) bond motifs is 3. The molecule has 0 N–H and O–H groups in total. The Morgan fingerprint density at radius 3 is 2.22 bits per heavy atom. The average molecular weight is 232 g/mol. The van der Waals surface area contributed by atoms with Crippen LogP contribution in [0.4, 0.5) is 0 Å². The summed E-state index contributed by atoms with van der Waals surface area (Å²) in [6.45, 7) is 0. The van der Waals surface area contributed by atoms with Crippen LogP contribution in [0.5, 0.6) is 5.75 Å². The van der Waals surface area contributed by atoms with Crippen molar-refractivity contribution in [1.29, 1.82) is 0 Å². The van der Waals surface area contributed by atoms with Gasteiger partial charge in [-0.3, -0.25) is 0 Å². The zero-order valence-corrected chi connectivity index (χ0v) is 10.1. The van der Waals surface area contributed by atoms with Crippen molar-refractivity contribution in [3.05, 3.63) is 54.6 Å². The third kappa shape index (κ3) is 1.11. The molecule has 0 heterocycles. The first-order valence-corrected chi connectivity index (χ1v) is 6.09. The average Bonchev–Trinajstić information content (AvgIpc) is 2.76. The lowest BCUT2D eigenvalue weighted by Crippen LogP contribution is -1.84. The molecule has 1 aliphatic carbocycles. The molecule has 4 rings (SSSR count). The highest BCUT2D eigenvalue weighted by atomic mass is 16.5. The number of rotatable bonds is 1. The van der Waals surface area contributed by atoms with E-state index < -0.39 is 0 Å². The third-order valence-corrected chi connectivity index (χ3v) is 3.69. The predicted octanol–water partition coefficient (Wildman–Crippen LogP) is 4.50. The molecule has 0 unspecified atom stereocenters. The highest BCUT2D eigenvalue weighted by Gasteiger charge is 2.21. The van der Waals surface area contributed by atoms with Gasteiger partial charge in [0.15, 0.2) is 0 Å². The Kier molecular flexibility index (Phi) is 1.81. The van der Waals surface area contributed by atoms with Crippen molar-refractivity contribution >= 4 is 10.8 Å². The van der Waals surface area contributed by atoms with Crippen molar-refractivity contribution in [2.24, 2.45) is 0 Å². The summed E-state index contributed by atoms with van der Waals surface area (Å²) in [5.74, 6) is 0.923. The van der Waals surface area contributed by atoms with Crippen LogP contribution in [0.3, 0.4) is 0 Å². The van der Waals surface area contributed by atoms with Gasteiger partial charge in [-0.25, -0.2) is 0 Å². The van der Waals surface area contributed by atoms with Crippen LogP contribution in [0.15, 0.2) is 54.6 Å². The Morgan fingerprint density at radius 1 is 0.722 bits per heavy atom. The van der Waals surface area contributed by atoms with Gasteiger partial charge in [-0.05, 0) is 45.2 Å². The van der Waals surface area contributed by atoms with Gasteiger partial charge in [-0.1, -0.05) is 42.5 Å². The van der Waals surface area contributed by atoms with Crippen LogP contribution in [0.25, 0.3) is 33.0 Å². The summed E-state index contributed by atoms with van der Waals surface area (Å²) < 4.78 is 5.40. The second-order valence-corrected chi connectivity index (χ2v) is 4.62. The number of hydrogen-bond acceptors (Lipinski definition) is 1. The van der Waals surface area contributed by atoms with Gasteiger partial charge in [0.2, 0.25) is 0 Å². The Labute approximate surface area is 106 Å². The Balaban J connectivity index is 2.22. The molecule has 0 aromatic heterocycles. The molecule has 1 nitrogen and oxygen atoms in total. The van der Waals surface area contributed by atoms with Crippen LogP contribution in [-0.4, -0.2) is 7.11 Å². The van der Waals surface area contributed by atoms with Crippen molar-refractivity contribution < 1.29 is 4.74 Å². The lowest BCUT2D eigenvalue weighted by atomic mass is 10.0. The van der Waals surface area contributed by atoms with E-state index in [2.05, 4.69) is 54.6 Å². The zero-order valence-electron chi connectivity index (χ0n) is 10.1. The van der Waals surface area contributed by atoms with E-state index in [1.165, 1.54) is 33.0 Å². The maximum atomic E-state index is 5.40. The first-order chi connectivity index (χ1) is 8.88. The number of ether oxygens (including phenoxy) is 1. The van der Waals surface area contributed by atoms with Crippen LogP contribution >= 0.6 is 0 Å². The van der Waals surface area contributed by atoms with Crippen LogP contribution in [0.1, 0.15) is 0 Å². The molecule has 3 aromatic carbocycles. The fourth-order valence-electron chi connectivity index (χ4n) is 2.91. The summed E-state index contributed by atoms with van der Waals surface area (Å²) in [4.78, 5) is 0.